The van der Waals surface area contributed by atoms with Crippen molar-refractivity contribution in [2.75, 3.05) is 6.54 Å². The van der Waals surface area contributed by atoms with E-state index in [4.69, 9.17) is 19.0 Å². The van der Waals surface area contributed by atoms with Crippen LogP contribution in [0.3, 0.4) is 0 Å². The van der Waals surface area contributed by atoms with E-state index < -0.39 is 5.60 Å². The molecule has 0 saturated carbocycles. The van der Waals surface area contributed by atoms with E-state index in [-0.39, 0.29) is 30.5 Å². The average molecular weight is 426 g/mol. The van der Waals surface area contributed by atoms with Crippen molar-refractivity contribution < 1.29 is 18.8 Å². The minimum absolute atomic E-state index is 0.00343. The number of likely N-dealkylation sites (tertiary alicyclic amines) is 1. The number of nitrogens with zero attached hydrogens (tertiary/aromatic N) is 2. The van der Waals surface area contributed by atoms with Crippen molar-refractivity contribution in [3.8, 4) is 0 Å². The molecule has 0 spiro atoms. The van der Waals surface area contributed by atoms with Crippen LogP contribution in [0.1, 0.15) is 73.3 Å². The predicted octanol–water partition coefficient (Wildman–Crippen LogP) is 4.40. The highest BCUT2D eigenvalue weighted by Crippen LogP contribution is 2.37. The van der Waals surface area contributed by atoms with Gasteiger partial charge in [0.25, 0.3) is 0 Å². The standard InChI is InChI=1S/C24H35BN2O4/c1-22(2,3)29-21(28)27-13-9-8-10-20(27)19-15-16-14-17(11-12-18(16)26-19)25-30-23(4,5)24(6,7)31-25/h11-12,14,20H,8-10,13,15H2,1-7H3/t20-/m0/s1. The second kappa shape index (κ2) is 7.63. The van der Waals surface area contributed by atoms with Gasteiger partial charge in [0, 0.05) is 18.7 Å². The fourth-order valence-corrected chi connectivity index (χ4v) is 4.38. The van der Waals surface area contributed by atoms with Crippen LogP contribution in [0.25, 0.3) is 0 Å². The lowest BCUT2D eigenvalue weighted by molar-refractivity contribution is 0.00578. The first kappa shape index (κ1) is 22.3. The van der Waals surface area contributed by atoms with Crippen molar-refractivity contribution in [2.24, 2.45) is 4.99 Å². The normalized spacial score (nSPS) is 24.7. The number of hydrogen-bond acceptors (Lipinski definition) is 5. The molecule has 1 amide bonds. The molecule has 0 N–H and O–H groups in total. The molecule has 0 aliphatic carbocycles. The van der Waals surface area contributed by atoms with Gasteiger partial charge in [-0.3, -0.25) is 9.89 Å². The van der Waals surface area contributed by atoms with E-state index in [0.29, 0.717) is 6.54 Å². The lowest BCUT2D eigenvalue weighted by Gasteiger charge is -2.36. The predicted molar refractivity (Wildman–Crippen MR) is 124 cm³/mol. The fraction of sp³-hybridized carbons (Fsp3) is 0.667. The highest BCUT2D eigenvalue weighted by molar-refractivity contribution is 6.62. The molecule has 0 unspecified atom stereocenters. The third kappa shape index (κ3) is 4.40. The summed E-state index contributed by atoms with van der Waals surface area (Å²) in [5, 5.41) is 0. The second-order valence-electron chi connectivity index (χ2n) is 10.9. The van der Waals surface area contributed by atoms with Gasteiger partial charge in [-0.1, -0.05) is 12.1 Å². The summed E-state index contributed by atoms with van der Waals surface area (Å²) in [5.41, 5.74) is 2.97. The zero-order chi connectivity index (χ0) is 22.6. The molecule has 4 rings (SSSR count). The summed E-state index contributed by atoms with van der Waals surface area (Å²) < 4.78 is 18.1. The monoisotopic (exact) mass is 426 g/mol. The largest absolute Gasteiger partial charge is 0.494 e. The Morgan fingerprint density at radius 1 is 1.16 bits per heavy atom. The summed E-state index contributed by atoms with van der Waals surface area (Å²) in [4.78, 5) is 19.6. The topological polar surface area (TPSA) is 60.4 Å². The summed E-state index contributed by atoms with van der Waals surface area (Å²) in [7, 11) is -0.382. The molecular formula is C24H35BN2O4. The molecule has 0 aromatic heterocycles. The Hall–Kier alpha value is -1.86. The fourth-order valence-electron chi connectivity index (χ4n) is 4.38. The van der Waals surface area contributed by atoms with Crippen LogP contribution in [0.5, 0.6) is 0 Å². The van der Waals surface area contributed by atoms with Crippen LogP contribution in [0, 0.1) is 0 Å². The van der Waals surface area contributed by atoms with E-state index in [1.54, 1.807) is 0 Å². The lowest BCUT2D eigenvalue weighted by Crippen LogP contribution is -2.49. The van der Waals surface area contributed by atoms with Gasteiger partial charge in [-0.05, 0) is 84.8 Å². The van der Waals surface area contributed by atoms with E-state index >= 15 is 0 Å². The molecule has 3 heterocycles. The van der Waals surface area contributed by atoms with Crippen molar-refractivity contribution in [2.45, 2.75) is 97.0 Å². The number of piperidine rings is 1. The van der Waals surface area contributed by atoms with Gasteiger partial charge in [-0.15, -0.1) is 0 Å². The smallest absolute Gasteiger partial charge is 0.444 e. The second-order valence-corrected chi connectivity index (χ2v) is 10.9. The van der Waals surface area contributed by atoms with E-state index in [9.17, 15) is 4.79 Å². The Morgan fingerprint density at radius 3 is 2.48 bits per heavy atom. The number of carbonyl (C=O) groups is 1. The molecule has 3 aliphatic heterocycles. The van der Waals surface area contributed by atoms with Crippen LogP contribution in [0.15, 0.2) is 23.2 Å². The van der Waals surface area contributed by atoms with E-state index in [1.807, 2.05) is 37.8 Å². The summed E-state index contributed by atoms with van der Waals surface area (Å²) in [6.07, 6.45) is 3.53. The Bertz CT molecular complexity index is 887. The molecule has 0 bridgehead atoms. The average Bonchev–Trinajstić information content (AvgIpc) is 3.17. The third-order valence-electron chi connectivity index (χ3n) is 6.78. The summed E-state index contributed by atoms with van der Waals surface area (Å²) >= 11 is 0. The first-order valence-electron chi connectivity index (χ1n) is 11.4. The first-order valence-corrected chi connectivity index (χ1v) is 11.4. The maximum atomic E-state index is 12.8. The summed E-state index contributed by atoms with van der Waals surface area (Å²) in [6, 6.07) is 6.23. The molecule has 1 aromatic rings. The van der Waals surface area contributed by atoms with Gasteiger partial charge in [0.1, 0.15) is 5.60 Å². The van der Waals surface area contributed by atoms with Gasteiger partial charge in [0.15, 0.2) is 0 Å². The zero-order valence-electron chi connectivity index (χ0n) is 19.9. The van der Waals surface area contributed by atoms with Crippen molar-refractivity contribution in [1.82, 2.24) is 4.90 Å². The number of rotatable bonds is 2. The van der Waals surface area contributed by atoms with Crippen LogP contribution in [-0.4, -0.2) is 53.2 Å². The molecule has 0 radical (unpaired) electrons. The number of benzene rings is 1. The van der Waals surface area contributed by atoms with Gasteiger partial charge < -0.3 is 14.0 Å². The maximum absolute atomic E-state index is 12.8. The van der Waals surface area contributed by atoms with Gasteiger partial charge in [0.05, 0.1) is 22.9 Å². The lowest BCUT2D eigenvalue weighted by atomic mass is 9.78. The highest BCUT2D eigenvalue weighted by Gasteiger charge is 2.51. The number of fused-ring (bicyclic) bond motifs is 1. The molecule has 6 nitrogen and oxygen atoms in total. The molecule has 7 heteroatoms. The number of hydrogen-bond donors (Lipinski definition) is 0. The Morgan fingerprint density at radius 2 is 1.84 bits per heavy atom. The number of amides is 1. The quantitative estimate of drug-likeness (QED) is 0.658. The minimum Gasteiger partial charge on any atom is -0.444 e. The summed E-state index contributed by atoms with van der Waals surface area (Å²) in [6.45, 7) is 14.7. The molecule has 1 atom stereocenters. The Labute approximate surface area is 186 Å². The maximum Gasteiger partial charge on any atom is 0.494 e. The Kier molecular flexibility index (Phi) is 5.50. The molecular weight excluding hydrogens is 391 g/mol. The number of aliphatic imine (C=N–C) groups is 1. The number of ether oxygens (including phenoxy) is 1. The SMILES string of the molecule is CC(C)(C)OC(=O)N1CCCC[C@H]1C1=Nc2ccc(B3OC(C)(C)C(C)(C)O3)cc2C1. The van der Waals surface area contributed by atoms with E-state index in [2.05, 4.69) is 33.8 Å². The van der Waals surface area contributed by atoms with Crippen LogP contribution in [0.4, 0.5) is 10.5 Å². The molecule has 1 aromatic carbocycles. The van der Waals surface area contributed by atoms with Crippen LogP contribution < -0.4 is 5.46 Å². The highest BCUT2D eigenvalue weighted by atomic mass is 16.7. The van der Waals surface area contributed by atoms with E-state index in [0.717, 1.165) is 48.1 Å². The first-order chi connectivity index (χ1) is 14.4. The zero-order valence-corrected chi connectivity index (χ0v) is 19.9. The molecule has 2 fully saturated rings. The van der Waals surface area contributed by atoms with Gasteiger partial charge in [-0.2, -0.15) is 0 Å². The van der Waals surface area contributed by atoms with Crippen LogP contribution in [0.2, 0.25) is 0 Å². The van der Waals surface area contributed by atoms with E-state index in [1.165, 1.54) is 0 Å². The molecule has 3 aliphatic rings. The van der Waals surface area contributed by atoms with Crippen LogP contribution in [-0.2, 0) is 20.5 Å². The van der Waals surface area contributed by atoms with Gasteiger partial charge in [-0.25, -0.2) is 4.79 Å². The van der Waals surface area contributed by atoms with Crippen molar-refractivity contribution >= 4 is 30.1 Å². The van der Waals surface area contributed by atoms with Gasteiger partial charge in [0.2, 0.25) is 0 Å². The molecule has 31 heavy (non-hydrogen) atoms. The molecule has 168 valence electrons. The minimum atomic E-state index is -0.503. The third-order valence-corrected chi connectivity index (χ3v) is 6.78. The number of carbonyl (C=O) groups excluding carboxylic acids is 1. The van der Waals surface area contributed by atoms with Crippen LogP contribution >= 0.6 is 0 Å². The van der Waals surface area contributed by atoms with Crippen molar-refractivity contribution in [1.29, 1.82) is 0 Å². The molecule has 2 saturated heterocycles. The Balaban J connectivity index is 1.51. The van der Waals surface area contributed by atoms with Gasteiger partial charge >= 0.3 is 13.2 Å². The summed E-state index contributed by atoms with van der Waals surface area (Å²) in [5.74, 6) is 0. The van der Waals surface area contributed by atoms with Crippen molar-refractivity contribution in [3.05, 3.63) is 23.8 Å². The van der Waals surface area contributed by atoms with Crippen molar-refractivity contribution in [3.63, 3.8) is 0 Å².